The molecular formula is C3H8Fe2. The molecule has 0 N–H and O–H groups in total. The third-order valence-corrected chi connectivity index (χ3v) is 0. The SMILES string of the molecule is CCC.[Fe].[Fe]. The molecule has 0 bridgehead atoms. The molecule has 0 unspecified atom stereocenters. The Hall–Kier alpha value is 1.04. The Kier molecular flexibility index (Phi) is 65.7. The summed E-state index contributed by atoms with van der Waals surface area (Å²) in [5, 5.41) is 0. The predicted molar refractivity (Wildman–Crippen MR) is 16.0 cm³/mol. The van der Waals surface area contributed by atoms with Crippen molar-refractivity contribution in [3.05, 3.63) is 0 Å². The van der Waals surface area contributed by atoms with Crippen LogP contribution in [0.3, 0.4) is 0 Å². The second-order valence-electron chi connectivity index (χ2n) is 0.707. The second kappa shape index (κ2) is 19.8. The van der Waals surface area contributed by atoms with E-state index in [9.17, 15) is 0 Å². The van der Waals surface area contributed by atoms with E-state index in [0.717, 1.165) is 0 Å². The van der Waals surface area contributed by atoms with Crippen LogP contribution < -0.4 is 0 Å². The zero-order chi connectivity index (χ0) is 2.71. The summed E-state index contributed by atoms with van der Waals surface area (Å²) in [6.07, 6.45) is 1.25. The molecule has 0 amide bonds. The van der Waals surface area contributed by atoms with Crippen LogP contribution in [-0.2, 0) is 34.1 Å². The number of rotatable bonds is 0. The first-order chi connectivity index (χ1) is 1.41. The van der Waals surface area contributed by atoms with E-state index in [-0.39, 0.29) is 34.1 Å². The van der Waals surface area contributed by atoms with Gasteiger partial charge in [-0.1, -0.05) is 20.3 Å². The van der Waals surface area contributed by atoms with Gasteiger partial charge in [0.05, 0.1) is 0 Å². The molecule has 0 heterocycles. The van der Waals surface area contributed by atoms with Crippen molar-refractivity contribution < 1.29 is 34.1 Å². The maximum Gasteiger partial charge on any atom is 0 e. The molecule has 0 rings (SSSR count). The minimum absolute atomic E-state index is 0. The van der Waals surface area contributed by atoms with Crippen molar-refractivity contribution in [2.24, 2.45) is 0 Å². The van der Waals surface area contributed by atoms with Crippen LogP contribution in [0.1, 0.15) is 20.3 Å². The number of hydrogen-bond donors (Lipinski definition) is 0. The molecule has 2 heteroatoms. The molecule has 0 spiro atoms. The minimum Gasteiger partial charge on any atom is -0.0656 e. The zero-order valence-electron chi connectivity index (χ0n) is 3.41. The Morgan fingerprint density at radius 1 is 1.00 bits per heavy atom. The minimum atomic E-state index is 0. The fourth-order valence-corrected chi connectivity index (χ4v) is 0. The molecule has 0 aliphatic carbocycles. The van der Waals surface area contributed by atoms with Gasteiger partial charge in [0.2, 0.25) is 0 Å². The summed E-state index contributed by atoms with van der Waals surface area (Å²) in [5.41, 5.74) is 0. The molecule has 0 aliphatic heterocycles. The smallest absolute Gasteiger partial charge is 0 e. The van der Waals surface area contributed by atoms with Gasteiger partial charge in [-0.05, 0) is 0 Å². The van der Waals surface area contributed by atoms with Crippen molar-refractivity contribution >= 4 is 0 Å². The summed E-state index contributed by atoms with van der Waals surface area (Å²) in [7, 11) is 0. The standard InChI is InChI=1S/C3H8.2Fe/c1-3-2;;/h3H2,1-2H3;;. The molecule has 5 heavy (non-hydrogen) atoms. The van der Waals surface area contributed by atoms with Crippen LogP contribution in [0.5, 0.6) is 0 Å². The van der Waals surface area contributed by atoms with Gasteiger partial charge >= 0.3 is 0 Å². The molecule has 0 radical (unpaired) electrons. The fourth-order valence-electron chi connectivity index (χ4n) is 0. The Morgan fingerprint density at radius 3 is 1.00 bits per heavy atom. The summed E-state index contributed by atoms with van der Waals surface area (Å²) < 4.78 is 0. The van der Waals surface area contributed by atoms with Gasteiger partial charge < -0.3 is 0 Å². The van der Waals surface area contributed by atoms with E-state index < -0.39 is 0 Å². The van der Waals surface area contributed by atoms with Gasteiger partial charge in [0, 0.05) is 34.1 Å². The van der Waals surface area contributed by atoms with E-state index in [0.29, 0.717) is 0 Å². The summed E-state index contributed by atoms with van der Waals surface area (Å²) in [5.74, 6) is 0. The van der Waals surface area contributed by atoms with Gasteiger partial charge in [0.1, 0.15) is 0 Å². The zero-order valence-corrected chi connectivity index (χ0v) is 5.62. The molecule has 0 nitrogen and oxygen atoms in total. The maximum absolute atomic E-state index is 2.12. The van der Waals surface area contributed by atoms with Crippen LogP contribution in [0, 0.1) is 0 Å². The first kappa shape index (κ1) is 16.6. The van der Waals surface area contributed by atoms with Crippen molar-refractivity contribution in [1.82, 2.24) is 0 Å². The van der Waals surface area contributed by atoms with Gasteiger partial charge in [-0.25, -0.2) is 0 Å². The average molecular weight is 156 g/mol. The van der Waals surface area contributed by atoms with Crippen molar-refractivity contribution in [2.75, 3.05) is 0 Å². The van der Waals surface area contributed by atoms with Crippen LogP contribution in [0.15, 0.2) is 0 Å². The first-order valence-electron chi connectivity index (χ1n) is 1.41. The predicted octanol–water partition coefficient (Wildman–Crippen LogP) is 1.41. The topological polar surface area (TPSA) is 0 Å². The third-order valence-electron chi connectivity index (χ3n) is 0. The molecular weight excluding hydrogens is 148 g/mol. The summed E-state index contributed by atoms with van der Waals surface area (Å²) in [6.45, 7) is 4.25. The van der Waals surface area contributed by atoms with Gasteiger partial charge in [-0.3, -0.25) is 0 Å². The van der Waals surface area contributed by atoms with Gasteiger partial charge in [-0.2, -0.15) is 0 Å². The van der Waals surface area contributed by atoms with Crippen molar-refractivity contribution in [3.63, 3.8) is 0 Å². The fraction of sp³-hybridized carbons (Fsp3) is 1.00. The molecule has 0 aliphatic rings. The third kappa shape index (κ3) is 43.1. The van der Waals surface area contributed by atoms with Crippen molar-refractivity contribution in [3.8, 4) is 0 Å². The summed E-state index contributed by atoms with van der Waals surface area (Å²) in [4.78, 5) is 0. The van der Waals surface area contributed by atoms with Crippen molar-refractivity contribution in [1.29, 1.82) is 0 Å². The summed E-state index contributed by atoms with van der Waals surface area (Å²) >= 11 is 0. The van der Waals surface area contributed by atoms with Gasteiger partial charge in [0.15, 0.2) is 0 Å². The van der Waals surface area contributed by atoms with E-state index in [1.54, 1.807) is 0 Å². The normalized spacial score (nSPS) is 3.60. The molecule has 0 saturated carbocycles. The first-order valence-corrected chi connectivity index (χ1v) is 1.41. The molecule has 0 aromatic rings. The van der Waals surface area contributed by atoms with Crippen LogP contribution in [-0.4, -0.2) is 0 Å². The Labute approximate surface area is 54.7 Å². The molecule has 0 saturated heterocycles. The molecule has 0 aromatic carbocycles. The Morgan fingerprint density at radius 2 is 1.00 bits per heavy atom. The molecule has 36 valence electrons. The average Bonchev–Trinajstić information content (AvgIpc) is 0.918. The van der Waals surface area contributed by atoms with Gasteiger partial charge in [0.25, 0.3) is 0 Å². The largest absolute Gasteiger partial charge is 0.0656 e. The maximum atomic E-state index is 2.12. The van der Waals surface area contributed by atoms with Crippen LogP contribution >= 0.6 is 0 Å². The van der Waals surface area contributed by atoms with Crippen LogP contribution in [0.2, 0.25) is 0 Å². The second-order valence-corrected chi connectivity index (χ2v) is 0.707. The summed E-state index contributed by atoms with van der Waals surface area (Å²) in [6, 6.07) is 0. The van der Waals surface area contributed by atoms with E-state index in [1.165, 1.54) is 6.42 Å². The molecule has 0 fully saturated rings. The molecule has 0 aromatic heterocycles. The van der Waals surface area contributed by atoms with Crippen LogP contribution in [0.4, 0.5) is 0 Å². The molecule has 0 atom stereocenters. The van der Waals surface area contributed by atoms with E-state index in [1.807, 2.05) is 0 Å². The quantitative estimate of drug-likeness (QED) is 0.465. The van der Waals surface area contributed by atoms with Crippen molar-refractivity contribution in [2.45, 2.75) is 20.3 Å². The number of hydrogen-bond acceptors (Lipinski definition) is 0. The Bertz CT molecular complexity index is 4.85. The van der Waals surface area contributed by atoms with Gasteiger partial charge in [-0.15, -0.1) is 0 Å². The monoisotopic (exact) mass is 156 g/mol. The van der Waals surface area contributed by atoms with E-state index in [2.05, 4.69) is 13.8 Å². The van der Waals surface area contributed by atoms with E-state index in [4.69, 9.17) is 0 Å². The van der Waals surface area contributed by atoms with E-state index >= 15 is 0 Å². The Balaban J connectivity index is -0.0000000200. The van der Waals surface area contributed by atoms with Crippen LogP contribution in [0.25, 0.3) is 0 Å².